The van der Waals surface area contributed by atoms with E-state index in [0.717, 1.165) is 19.6 Å². The van der Waals surface area contributed by atoms with E-state index in [1.54, 1.807) is 0 Å². The van der Waals surface area contributed by atoms with Crippen molar-refractivity contribution in [1.82, 2.24) is 10.2 Å². The largest absolute Gasteiger partial charge is 0.383 e. The second kappa shape index (κ2) is 8.35. The number of methoxy groups -OCH3 is 1. The van der Waals surface area contributed by atoms with Crippen LogP contribution in [-0.2, 0) is 4.74 Å². The van der Waals surface area contributed by atoms with Gasteiger partial charge in [-0.25, -0.2) is 0 Å². The lowest BCUT2D eigenvalue weighted by atomic mass is 9.79. The van der Waals surface area contributed by atoms with Gasteiger partial charge in [0, 0.05) is 25.2 Å². The molecule has 0 aromatic heterocycles. The van der Waals surface area contributed by atoms with Crippen molar-refractivity contribution in [3.63, 3.8) is 0 Å². The van der Waals surface area contributed by atoms with Crippen molar-refractivity contribution >= 4 is 0 Å². The van der Waals surface area contributed by atoms with Crippen LogP contribution in [0.25, 0.3) is 0 Å². The molecule has 2 rings (SSSR count). The molecule has 1 atom stereocenters. The normalized spacial score (nSPS) is 25.5. The number of hydrogen-bond donors (Lipinski definition) is 1. The van der Waals surface area contributed by atoms with Crippen molar-refractivity contribution in [2.45, 2.75) is 76.3 Å². The number of nitrogens with zero attached hydrogens (tertiary/aromatic N) is 1. The Morgan fingerprint density at radius 3 is 2.30 bits per heavy atom. The van der Waals surface area contributed by atoms with Crippen LogP contribution in [0.4, 0.5) is 0 Å². The molecular formula is C17H34N2O. The minimum Gasteiger partial charge on any atom is -0.383 e. The molecule has 1 saturated carbocycles. The third-order valence-electron chi connectivity index (χ3n) is 5.39. The molecule has 0 bridgehead atoms. The molecule has 0 spiro atoms. The zero-order chi connectivity index (χ0) is 14.3. The summed E-state index contributed by atoms with van der Waals surface area (Å²) < 4.78 is 5.34. The lowest BCUT2D eigenvalue weighted by molar-refractivity contribution is 0.0284. The number of rotatable bonds is 7. The number of hydrogen-bond acceptors (Lipinski definition) is 3. The van der Waals surface area contributed by atoms with E-state index in [0.29, 0.717) is 11.6 Å². The van der Waals surface area contributed by atoms with Crippen LogP contribution in [0.15, 0.2) is 0 Å². The Balaban J connectivity index is 1.95. The van der Waals surface area contributed by atoms with Gasteiger partial charge in [-0.05, 0) is 45.2 Å². The van der Waals surface area contributed by atoms with Crippen LogP contribution >= 0.6 is 0 Å². The highest BCUT2D eigenvalue weighted by atomic mass is 16.5. The summed E-state index contributed by atoms with van der Waals surface area (Å²) in [6.45, 7) is 6.90. The molecule has 0 amide bonds. The Kier molecular flexibility index (Phi) is 6.79. The summed E-state index contributed by atoms with van der Waals surface area (Å²) in [5.41, 5.74) is 0.444. The smallest absolute Gasteiger partial charge is 0.0615 e. The number of likely N-dealkylation sites (tertiary alicyclic amines) is 1. The van der Waals surface area contributed by atoms with E-state index in [1.165, 1.54) is 64.5 Å². The Hall–Kier alpha value is -0.120. The minimum absolute atomic E-state index is 0.444. The predicted molar refractivity (Wildman–Crippen MR) is 85.2 cm³/mol. The van der Waals surface area contributed by atoms with Crippen LogP contribution in [0.5, 0.6) is 0 Å². The lowest BCUT2D eigenvalue weighted by Gasteiger charge is -2.49. The van der Waals surface area contributed by atoms with E-state index in [1.807, 2.05) is 7.11 Å². The molecule has 3 nitrogen and oxygen atoms in total. The van der Waals surface area contributed by atoms with E-state index >= 15 is 0 Å². The van der Waals surface area contributed by atoms with E-state index in [2.05, 4.69) is 17.1 Å². The van der Waals surface area contributed by atoms with Gasteiger partial charge in [0.2, 0.25) is 0 Å². The Labute approximate surface area is 125 Å². The zero-order valence-electron chi connectivity index (χ0n) is 13.6. The number of piperidine rings is 1. The molecule has 1 saturated heterocycles. The molecule has 2 fully saturated rings. The minimum atomic E-state index is 0.444. The van der Waals surface area contributed by atoms with Crippen molar-refractivity contribution in [2.24, 2.45) is 0 Å². The summed E-state index contributed by atoms with van der Waals surface area (Å²) in [6.07, 6.45) is 12.4. The summed E-state index contributed by atoms with van der Waals surface area (Å²) in [5.74, 6) is 0. The van der Waals surface area contributed by atoms with Crippen LogP contribution in [0, 0.1) is 0 Å². The fraction of sp³-hybridized carbons (Fsp3) is 1.00. The van der Waals surface area contributed by atoms with Crippen molar-refractivity contribution in [3.05, 3.63) is 0 Å². The molecule has 1 unspecified atom stereocenters. The SMILES string of the molecule is CCC(COC)NCC1(N2CCCCC2)CCCCC1. The first-order valence-corrected chi connectivity index (χ1v) is 8.78. The van der Waals surface area contributed by atoms with E-state index in [9.17, 15) is 0 Å². The van der Waals surface area contributed by atoms with Crippen molar-refractivity contribution in [2.75, 3.05) is 33.4 Å². The summed E-state index contributed by atoms with van der Waals surface area (Å²) in [6, 6.07) is 0.517. The molecule has 1 aliphatic heterocycles. The summed E-state index contributed by atoms with van der Waals surface area (Å²) in [7, 11) is 1.81. The van der Waals surface area contributed by atoms with Crippen LogP contribution in [0.1, 0.15) is 64.7 Å². The zero-order valence-corrected chi connectivity index (χ0v) is 13.6. The maximum Gasteiger partial charge on any atom is 0.0615 e. The highest BCUT2D eigenvalue weighted by molar-refractivity contribution is 4.96. The van der Waals surface area contributed by atoms with Crippen LogP contribution in [0.3, 0.4) is 0 Å². The second-order valence-corrected chi connectivity index (χ2v) is 6.77. The summed E-state index contributed by atoms with van der Waals surface area (Å²) >= 11 is 0. The van der Waals surface area contributed by atoms with Crippen molar-refractivity contribution in [3.8, 4) is 0 Å². The molecule has 0 radical (unpaired) electrons. The molecule has 3 heteroatoms. The summed E-state index contributed by atoms with van der Waals surface area (Å²) in [4.78, 5) is 2.82. The van der Waals surface area contributed by atoms with Crippen LogP contribution in [-0.4, -0.2) is 49.8 Å². The maximum absolute atomic E-state index is 5.34. The van der Waals surface area contributed by atoms with Gasteiger partial charge in [0.05, 0.1) is 6.61 Å². The van der Waals surface area contributed by atoms with Gasteiger partial charge < -0.3 is 10.1 Å². The Morgan fingerprint density at radius 2 is 1.70 bits per heavy atom. The van der Waals surface area contributed by atoms with Gasteiger partial charge in [0.25, 0.3) is 0 Å². The molecule has 2 aliphatic rings. The molecule has 20 heavy (non-hydrogen) atoms. The van der Waals surface area contributed by atoms with Gasteiger partial charge in [-0.3, -0.25) is 4.90 Å². The quantitative estimate of drug-likeness (QED) is 0.776. The summed E-state index contributed by atoms with van der Waals surface area (Å²) in [5, 5.41) is 3.81. The van der Waals surface area contributed by atoms with Gasteiger partial charge in [0.1, 0.15) is 0 Å². The Bertz CT molecular complexity index is 258. The van der Waals surface area contributed by atoms with Gasteiger partial charge in [0.15, 0.2) is 0 Å². The van der Waals surface area contributed by atoms with Gasteiger partial charge >= 0.3 is 0 Å². The number of ether oxygens (including phenoxy) is 1. The van der Waals surface area contributed by atoms with E-state index in [4.69, 9.17) is 4.74 Å². The van der Waals surface area contributed by atoms with Crippen LogP contribution < -0.4 is 5.32 Å². The monoisotopic (exact) mass is 282 g/mol. The topological polar surface area (TPSA) is 24.5 Å². The molecular weight excluding hydrogens is 248 g/mol. The average Bonchev–Trinajstić information content (AvgIpc) is 2.53. The van der Waals surface area contributed by atoms with Crippen LogP contribution in [0.2, 0.25) is 0 Å². The molecule has 0 aromatic rings. The van der Waals surface area contributed by atoms with Crippen molar-refractivity contribution < 1.29 is 4.74 Å². The average molecular weight is 282 g/mol. The highest BCUT2D eigenvalue weighted by Crippen LogP contribution is 2.35. The third-order valence-corrected chi connectivity index (χ3v) is 5.39. The van der Waals surface area contributed by atoms with E-state index in [-0.39, 0.29) is 0 Å². The standard InChI is InChI=1S/C17H34N2O/c1-3-16(14-20-2)18-15-17(10-6-4-7-11-17)19-12-8-5-9-13-19/h16,18H,3-15H2,1-2H3. The van der Waals surface area contributed by atoms with Crippen molar-refractivity contribution in [1.29, 1.82) is 0 Å². The maximum atomic E-state index is 5.34. The van der Waals surface area contributed by atoms with Gasteiger partial charge in [-0.2, -0.15) is 0 Å². The van der Waals surface area contributed by atoms with Gasteiger partial charge in [-0.1, -0.05) is 32.6 Å². The predicted octanol–water partition coefficient (Wildman–Crippen LogP) is 3.19. The first kappa shape index (κ1) is 16.3. The second-order valence-electron chi connectivity index (χ2n) is 6.77. The number of nitrogens with one attached hydrogen (secondary N) is 1. The lowest BCUT2D eigenvalue weighted by Crippen LogP contribution is -2.58. The molecule has 1 heterocycles. The first-order chi connectivity index (χ1) is 9.80. The fourth-order valence-corrected chi connectivity index (χ4v) is 4.04. The molecule has 118 valence electrons. The molecule has 1 aliphatic carbocycles. The molecule has 1 N–H and O–H groups in total. The molecule has 0 aromatic carbocycles. The van der Waals surface area contributed by atoms with Gasteiger partial charge in [-0.15, -0.1) is 0 Å². The van der Waals surface area contributed by atoms with E-state index < -0.39 is 0 Å². The fourth-order valence-electron chi connectivity index (χ4n) is 4.04. The first-order valence-electron chi connectivity index (χ1n) is 8.78. The third kappa shape index (κ3) is 4.19. The Morgan fingerprint density at radius 1 is 1.05 bits per heavy atom. The highest BCUT2D eigenvalue weighted by Gasteiger charge is 2.38.